The van der Waals surface area contributed by atoms with Crippen LogP contribution in [0.3, 0.4) is 0 Å². The number of rotatable bonds is 7. The van der Waals surface area contributed by atoms with Crippen molar-refractivity contribution in [2.24, 2.45) is 11.8 Å². The van der Waals surface area contributed by atoms with Gasteiger partial charge in [0.05, 0.1) is 12.1 Å². The van der Waals surface area contributed by atoms with Crippen molar-refractivity contribution in [3.05, 3.63) is 34.9 Å². The molecule has 0 aliphatic heterocycles. The first-order chi connectivity index (χ1) is 8.99. The topological polar surface area (TPSA) is 47.3 Å². The molecule has 3 heteroatoms. The fourth-order valence-corrected chi connectivity index (χ4v) is 2.42. The molecule has 0 spiro atoms. The van der Waals surface area contributed by atoms with Gasteiger partial charge in [-0.15, -0.1) is 0 Å². The summed E-state index contributed by atoms with van der Waals surface area (Å²) in [6.07, 6.45) is 1.03. The molecule has 0 radical (unpaired) electrons. The van der Waals surface area contributed by atoms with Crippen molar-refractivity contribution in [3.8, 4) is 0 Å². The third-order valence-electron chi connectivity index (χ3n) is 3.65. The monoisotopic (exact) mass is 264 g/mol. The number of hydrogen-bond acceptors (Lipinski definition) is 3. The second-order valence-electron chi connectivity index (χ2n) is 5.56. The minimum atomic E-state index is 0.136. The highest BCUT2D eigenvalue weighted by Crippen LogP contribution is 2.17. The van der Waals surface area contributed by atoms with Crippen LogP contribution in [0.1, 0.15) is 37.5 Å². The van der Waals surface area contributed by atoms with Gasteiger partial charge in [0.15, 0.2) is 0 Å². The Morgan fingerprint density at radius 2 is 1.89 bits per heavy atom. The quantitative estimate of drug-likeness (QED) is 0.588. The van der Waals surface area contributed by atoms with Gasteiger partial charge in [0, 0.05) is 6.61 Å². The maximum absolute atomic E-state index is 5.84. The molecule has 108 valence electrons. The second-order valence-corrected chi connectivity index (χ2v) is 5.56. The number of aryl methyl sites for hydroxylation is 2. The van der Waals surface area contributed by atoms with Gasteiger partial charge in [-0.2, -0.15) is 0 Å². The van der Waals surface area contributed by atoms with Crippen LogP contribution in [-0.2, 0) is 11.2 Å². The zero-order valence-corrected chi connectivity index (χ0v) is 12.9. The third kappa shape index (κ3) is 4.60. The van der Waals surface area contributed by atoms with Crippen LogP contribution in [0.15, 0.2) is 18.2 Å². The lowest BCUT2D eigenvalue weighted by Gasteiger charge is -2.29. The number of nitrogens with one attached hydrogen (secondary N) is 1. The fraction of sp³-hybridized carbons (Fsp3) is 0.625. The Hall–Kier alpha value is -0.900. The van der Waals surface area contributed by atoms with E-state index in [1.165, 1.54) is 16.7 Å². The predicted molar refractivity (Wildman–Crippen MR) is 81.0 cm³/mol. The Morgan fingerprint density at radius 3 is 2.37 bits per heavy atom. The molecule has 0 aliphatic carbocycles. The SMILES string of the molecule is CCOC(C(C)C)C(Cc1ccc(C)c(C)c1)NN. The van der Waals surface area contributed by atoms with E-state index in [4.69, 9.17) is 10.6 Å². The summed E-state index contributed by atoms with van der Waals surface area (Å²) >= 11 is 0. The highest BCUT2D eigenvalue weighted by atomic mass is 16.5. The first-order valence-electron chi connectivity index (χ1n) is 7.13. The molecular formula is C16H28N2O. The molecule has 3 N–H and O–H groups in total. The highest BCUT2D eigenvalue weighted by Gasteiger charge is 2.24. The van der Waals surface area contributed by atoms with E-state index in [1.54, 1.807) is 0 Å². The van der Waals surface area contributed by atoms with Gasteiger partial charge in [-0.1, -0.05) is 32.0 Å². The second kappa shape index (κ2) is 7.63. The predicted octanol–water partition coefficient (Wildman–Crippen LogP) is 2.74. The van der Waals surface area contributed by atoms with E-state index < -0.39 is 0 Å². The van der Waals surface area contributed by atoms with Crippen LogP contribution in [0.25, 0.3) is 0 Å². The standard InChI is InChI=1S/C16H28N2O/c1-6-19-16(11(2)3)15(18-17)10-14-8-7-12(4)13(5)9-14/h7-9,11,15-16,18H,6,10,17H2,1-5H3. The van der Waals surface area contributed by atoms with Crippen molar-refractivity contribution >= 4 is 0 Å². The maximum atomic E-state index is 5.84. The van der Waals surface area contributed by atoms with Crippen LogP contribution in [0, 0.1) is 19.8 Å². The summed E-state index contributed by atoms with van der Waals surface area (Å²) in [5.74, 6) is 6.17. The first kappa shape index (κ1) is 16.2. The van der Waals surface area contributed by atoms with Gasteiger partial charge in [0.1, 0.15) is 0 Å². The normalized spacial score (nSPS) is 14.7. The van der Waals surface area contributed by atoms with Crippen molar-refractivity contribution in [2.45, 2.75) is 53.2 Å². The van der Waals surface area contributed by atoms with Crippen molar-refractivity contribution < 1.29 is 4.74 Å². The van der Waals surface area contributed by atoms with Crippen molar-refractivity contribution in [1.82, 2.24) is 5.43 Å². The van der Waals surface area contributed by atoms with Crippen LogP contribution < -0.4 is 11.3 Å². The van der Waals surface area contributed by atoms with E-state index in [9.17, 15) is 0 Å². The molecular weight excluding hydrogens is 236 g/mol. The average molecular weight is 264 g/mol. The summed E-state index contributed by atoms with van der Waals surface area (Å²) in [6, 6.07) is 6.73. The molecule has 1 rings (SSSR count). The Kier molecular flexibility index (Phi) is 6.49. The Bertz CT molecular complexity index is 390. The molecule has 19 heavy (non-hydrogen) atoms. The van der Waals surface area contributed by atoms with Gasteiger partial charge >= 0.3 is 0 Å². The van der Waals surface area contributed by atoms with Crippen LogP contribution in [0.4, 0.5) is 0 Å². The summed E-state index contributed by atoms with van der Waals surface area (Å²) < 4.78 is 5.84. The molecule has 0 heterocycles. The molecule has 1 aromatic rings. The number of benzene rings is 1. The smallest absolute Gasteiger partial charge is 0.0767 e. The van der Waals surface area contributed by atoms with E-state index in [0.717, 1.165) is 6.42 Å². The molecule has 2 atom stereocenters. The summed E-state index contributed by atoms with van der Waals surface area (Å²) in [5, 5.41) is 0. The van der Waals surface area contributed by atoms with Gasteiger partial charge in [0.2, 0.25) is 0 Å². The zero-order chi connectivity index (χ0) is 14.4. The van der Waals surface area contributed by atoms with Crippen molar-refractivity contribution in [3.63, 3.8) is 0 Å². The van der Waals surface area contributed by atoms with E-state index in [0.29, 0.717) is 12.5 Å². The van der Waals surface area contributed by atoms with Crippen LogP contribution in [0.2, 0.25) is 0 Å². The lowest BCUT2D eigenvalue weighted by Crippen LogP contribution is -2.48. The molecule has 0 amide bonds. The lowest BCUT2D eigenvalue weighted by atomic mass is 9.93. The molecule has 3 nitrogen and oxygen atoms in total. The minimum Gasteiger partial charge on any atom is -0.377 e. The molecule has 0 bridgehead atoms. The molecule has 0 aromatic heterocycles. The average Bonchev–Trinajstić information content (AvgIpc) is 2.37. The van der Waals surface area contributed by atoms with Gasteiger partial charge in [-0.05, 0) is 49.8 Å². The molecule has 2 unspecified atom stereocenters. The van der Waals surface area contributed by atoms with Crippen molar-refractivity contribution in [1.29, 1.82) is 0 Å². The zero-order valence-electron chi connectivity index (χ0n) is 12.9. The lowest BCUT2D eigenvalue weighted by molar-refractivity contribution is 0.00355. The number of nitrogens with two attached hydrogens (primary N) is 1. The van der Waals surface area contributed by atoms with Gasteiger partial charge in [-0.3, -0.25) is 11.3 Å². The van der Waals surface area contributed by atoms with Gasteiger partial charge in [-0.25, -0.2) is 0 Å². The third-order valence-corrected chi connectivity index (χ3v) is 3.65. The maximum Gasteiger partial charge on any atom is 0.0767 e. The molecule has 0 saturated heterocycles. The largest absolute Gasteiger partial charge is 0.377 e. The summed E-state index contributed by atoms with van der Waals surface area (Å²) in [5.41, 5.74) is 6.88. The highest BCUT2D eigenvalue weighted by molar-refractivity contribution is 5.30. The van der Waals surface area contributed by atoms with E-state index in [2.05, 4.69) is 51.3 Å². The first-order valence-corrected chi connectivity index (χ1v) is 7.13. The van der Waals surface area contributed by atoms with E-state index >= 15 is 0 Å². The Morgan fingerprint density at radius 1 is 1.21 bits per heavy atom. The fourth-order valence-electron chi connectivity index (χ4n) is 2.42. The summed E-state index contributed by atoms with van der Waals surface area (Å²) in [6.45, 7) is 11.4. The molecule has 0 fully saturated rings. The Labute approximate surface area is 117 Å². The van der Waals surface area contributed by atoms with Gasteiger partial charge < -0.3 is 4.74 Å². The Balaban J connectivity index is 2.82. The molecule has 0 aliphatic rings. The number of ether oxygens (including phenoxy) is 1. The summed E-state index contributed by atoms with van der Waals surface area (Å²) in [7, 11) is 0. The number of hydrogen-bond donors (Lipinski definition) is 2. The molecule has 1 aromatic carbocycles. The minimum absolute atomic E-state index is 0.136. The van der Waals surface area contributed by atoms with Crippen LogP contribution in [-0.4, -0.2) is 18.8 Å². The van der Waals surface area contributed by atoms with Crippen LogP contribution >= 0.6 is 0 Å². The summed E-state index contributed by atoms with van der Waals surface area (Å²) in [4.78, 5) is 0. The van der Waals surface area contributed by atoms with Crippen molar-refractivity contribution in [2.75, 3.05) is 6.61 Å². The van der Waals surface area contributed by atoms with E-state index in [-0.39, 0.29) is 12.1 Å². The van der Waals surface area contributed by atoms with Gasteiger partial charge in [0.25, 0.3) is 0 Å². The molecule has 0 saturated carbocycles. The van der Waals surface area contributed by atoms with Crippen LogP contribution in [0.5, 0.6) is 0 Å². The number of hydrazine groups is 1. The van der Waals surface area contributed by atoms with E-state index in [1.807, 2.05) is 6.92 Å².